The van der Waals surface area contributed by atoms with Crippen LogP contribution >= 0.6 is 7.82 Å². The number of ether oxygens (including phenoxy) is 1. The Morgan fingerprint density at radius 2 is 0.871 bits per heavy atom. The Balaban J connectivity index is 3.58. The van der Waals surface area contributed by atoms with E-state index in [4.69, 9.17) is 13.8 Å². The van der Waals surface area contributed by atoms with E-state index in [0.29, 0.717) is 6.42 Å². The molecule has 10 heteroatoms. The molecule has 0 saturated carbocycles. The van der Waals surface area contributed by atoms with Crippen molar-refractivity contribution < 1.29 is 37.9 Å². The summed E-state index contributed by atoms with van der Waals surface area (Å²) in [4.78, 5) is 34.1. The summed E-state index contributed by atoms with van der Waals surface area (Å²) < 4.78 is 27.0. The summed E-state index contributed by atoms with van der Waals surface area (Å²) in [5, 5.41) is 12.7. The monoisotopic (exact) mass is 894 g/mol. The Bertz CT molecular complexity index is 1160. The minimum atomic E-state index is -4.43. The molecule has 0 rings (SSSR count). The van der Waals surface area contributed by atoms with Gasteiger partial charge in [0.25, 0.3) is 0 Å². The predicted molar refractivity (Wildman–Crippen MR) is 261 cm³/mol. The third-order valence-corrected chi connectivity index (χ3v) is 12.0. The number of allylic oxidation sites excluding steroid dienone is 8. The predicted octanol–water partition coefficient (Wildman–Crippen LogP) is 15.1. The molecule has 0 aliphatic rings. The summed E-state index contributed by atoms with van der Waals surface area (Å²) >= 11 is 0. The quantitative estimate of drug-likeness (QED) is 0.0238. The summed E-state index contributed by atoms with van der Waals surface area (Å²) in [6.07, 6.45) is 57.6. The van der Waals surface area contributed by atoms with Crippen LogP contribution in [-0.4, -0.2) is 54.3 Å². The van der Waals surface area contributed by atoms with Gasteiger partial charge in [0.1, 0.15) is 12.7 Å². The lowest BCUT2D eigenvalue weighted by Gasteiger charge is -2.15. The van der Waals surface area contributed by atoms with Crippen LogP contribution in [0.25, 0.3) is 0 Å². The van der Waals surface area contributed by atoms with Crippen LogP contribution in [-0.2, 0) is 27.9 Å². The van der Waals surface area contributed by atoms with E-state index in [-0.39, 0.29) is 32.1 Å². The van der Waals surface area contributed by atoms with Gasteiger partial charge in [-0.3, -0.25) is 18.6 Å². The first-order valence-electron chi connectivity index (χ1n) is 25.6. The molecule has 0 spiro atoms. The number of hydrogen-bond donors (Lipinski definition) is 3. The van der Waals surface area contributed by atoms with E-state index in [1.165, 1.54) is 135 Å². The molecule has 2 atom stereocenters. The number of hydrogen-bond acceptors (Lipinski definition) is 7. The van der Waals surface area contributed by atoms with E-state index < -0.39 is 26.5 Å². The number of carbonyl (C=O) groups excluding carboxylic acids is 2. The first kappa shape index (κ1) is 60.0. The summed E-state index contributed by atoms with van der Waals surface area (Å²) in [6.45, 7) is 3.54. The zero-order valence-electron chi connectivity index (χ0n) is 40.1. The Kier molecular flexibility index (Phi) is 46.8. The van der Waals surface area contributed by atoms with Gasteiger partial charge in [-0.2, -0.15) is 0 Å². The average Bonchev–Trinajstić information content (AvgIpc) is 3.26. The number of phosphoric ester groups is 1. The number of carbonyl (C=O) groups is 2. The van der Waals surface area contributed by atoms with Crippen molar-refractivity contribution in [2.45, 2.75) is 245 Å². The molecule has 0 aromatic rings. The molecule has 0 fully saturated rings. The molecule has 0 aromatic heterocycles. The number of nitrogens with one attached hydrogen (secondary N) is 1. The van der Waals surface area contributed by atoms with Gasteiger partial charge < -0.3 is 20.1 Å². The summed E-state index contributed by atoms with van der Waals surface area (Å²) in [6, 6.07) is 0. The first-order valence-corrected chi connectivity index (χ1v) is 27.1. The topological polar surface area (TPSA) is 131 Å². The minimum Gasteiger partial charge on any atom is -0.463 e. The van der Waals surface area contributed by atoms with Crippen LogP contribution in [0.2, 0.25) is 0 Å². The highest BCUT2D eigenvalue weighted by Gasteiger charge is 2.23. The van der Waals surface area contributed by atoms with E-state index in [9.17, 15) is 24.2 Å². The fourth-order valence-electron chi connectivity index (χ4n) is 7.13. The molecule has 62 heavy (non-hydrogen) atoms. The molecule has 0 heterocycles. The van der Waals surface area contributed by atoms with Crippen LogP contribution in [0.4, 0.5) is 0 Å². The molecule has 0 aliphatic heterocycles. The highest BCUT2D eigenvalue weighted by Crippen LogP contribution is 2.42. The van der Waals surface area contributed by atoms with Crippen LogP contribution in [0.15, 0.2) is 48.6 Å². The van der Waals surface area contributed by atoms with E-state index in [1.54, 1.807) is 0 Å². The van der Waals surface area contributed by atoms with Crippen LogP contribution in [0, 0.1) is 0 Å². The van der Waals surface area contributed by atoms with Gasteiger partial charge in [0.2, 0.25) is 5.91 Å². The number of phosphoric acid groups is 1. The minimum absolute atomic E-state index is 0.0709. The fourth-order valence-corrected chi connectivity index (χ4v) is 7.89. The molecular weight excluding hydrogens is 798 g/mol. The molecule has 0 bridgehead atoms. The Morgan fingerprint density at radius 1 is 0.500 bits per heavy atom. The maximum atomic E-state index is 12.1. The van der Waals surface area contributed by atoms with Crippen molar-refractivity contribution >= 4 is 19.7 Å². The van der Waals surface area contributed by atoms with Gasteiger partial charge >= 0.3 is 13.8 Å². The molecule has 2 unspecified atom stereocenters. The lowest BCUT2D eigenvalue weighted by Crippen LogP contribution is -2.27. The number of unbranched alkanes of at least 4 members (excludes halogenated alkanes) is 27. The molecule has 0 aromatic carbocycles. The van der Waals surface area contributed by atoms with Crippen molar-refractivity contribution in [3.8, 4) is 0 Å². The average molecular weight is 894 g/mol. The number of aliphatic hydroxyl groups excluding tert-OH is 1. The Morgan fingerprint density at radius 3 is 1.34 bits per heavy atom. The normalized spacial score (nSPS) is 13.5. The molecule has 9 nitrogen and oxygen atoms in total. The van der Waals surface area contributed by atoms with Crippen molar-refractivity contribution in [3.05, 3.63) is 48.6 Å². The molecule has 362 valence electrons. The summed E-state index contributed by atoms with van der Waals surface area (Å²) in [5.41, 5.74) is 0. The van der Waals surface area contributed by atoms with E-state index in [2.05, 4.69) is 67.8 Å². The van der Waals surface area contributed by atoms with Crippen molar-refractivity contribution in [1.29, 1.82) is 0 Å². The Labute approximate surface area is 381 Å². The number of aliphatic hydroxyl groups is 1. The van der Waals surface area contributed by atoms with Crippen molar-refractivity contribution in [1.82, 2.24) is 5.32 Å². The standard InChI is InChI=1S/C52H96NO8P/c1-3-5-7-9-11-13-15-17-19-21-23-25-26-28-30-32-34-36-38-40-42-44-51(55)53-46-47-60-62(57,58)61-49-50(54)48-59-52(56)45-43-41-39-37-35-33-31-29-27-24-22-20-18-16-14-12-10-8-6-4-2/h11,13,17,19,23,25,28,30,50,54H,3-10,12,14-16,18,20-22,24,26-27,29,31-49H2,1-2H3,(H,53,55)(H,57,58)/b13-11-,19-17-,25-23-,30-28-. The molecule has 0 aliphatic carbocycles. The van der Waals surface area contributed by atoms with Gasteiger partial charge in [0.05, 0.1) is 13.2 Å². The highest BCUT2D eigenvalue weighted by atomic mass is 31.2. The highest BCUT2D eigenvalue weighted by molar-refractivity contribution is 7.47. The smallest absolute Gasteiger partial charge is 0.463 e. The summed E-state index contributed by atoms with van der Waals surface area (Å²) in [7, 11) is -4.43. The molecule has 3 N–H and O–H groups in total. The van der Waals surface area contributed by atoms with Crippen molar-refractivity contribution in [2.75, 3.05) is 26.4 Å². The maximum absolute atomic E-state index is 12.1. The fraction of sp³-hybridized carbons (Fsp3) is 0.808. The van der Waals surface area contributed by atoms with Crippen molar-refractivity contribution in [2.24, 2.45) is 0 Å². The largest absolute Gasteiger partial charge is 0.472 e. The van der Waals surface area contributed by atoms with Gasteiger partial charge in [-0.25, -0.2) is 4.57 Å². The van der Waals surface area contributed by atoms with Gasteiger partial charge in [0, 0.05) is 19.4 Å². The van der Waals surface area contributed by atoms with E-state index in [0.717, 1.165) is 77.0 Å². The van der Waals surface area contributed by atoms with Gasteiger partial charge in [-0.1, -0.05) is 217 Å². The summed E-state index contributed by atoms with van der Waals surface area (Å²) in [5.74, 6) is -0.528. The van der Waals surface area contributed by atoms with Crippen LogP contribution in [0.5, 0.6) is 0 Å². The molecule has 0 saturated heterocycles. The third-order valence-electron chi connectivity index (χ3n) is 11.0. The zero-order valence-corrected chi connectivity index (χ0v) is 41.0. The maximum Gasteiger partial charge on any atom is 0.472 e. The number of amides is 1. The van der Waals surface area contributed by atoms with E-state index in [1.807, 2.05) is 0 Å². The van der Waals surface area contributed by atoms with Gasteiger partial charge in [0.15, 0.2) is 0 Å². The second kappa shape index (κ2) is 48.4. The Hall–Kier alpha value is -2.03. The lowest BCUT2D eigenvalue weighted by molar-refractivity contribution is -0.147. The third kappa shape index (κ3) is 49.0. The number of esters is 1. The zero-order chi connectivity index (χ0) is 45.3. The second-order valence-electron chi connectivity index (χ2n) is 17.1. The van der Waals surface area contributed by atoms with E-state index >= 15 is 0 Å². The second-order valence-corrected chi connectivity index (χ2v) is 18.6. The first-order chi connectivity index (χ1) is 30.3. The lowest BCUT2D eigenvalue weighted by atomic mass is 10.0. The molecule has 0 radical (unpaired) electrons. The number of rotatable bonds is 48. The van der Waals surface area contributed by atoms with Crippen LogP contribution in [0.3, 0.4) is 0 Å². The molecular formula is C52H96NO8P. The van der Waals surface area contributed by atoms with Crippen molar-refractivity contribution in [3.63, 3.8) is 0 Å². The van der Waals surface area contributed by atoms with Gasteiger partial charge in [-0.15, -0.1) is 0 Å². The van der Waals surface area contributed by atoms with Gasteiger partial charge in [-0.05, 0) is 57.8 Å². The SMILES string of the molecule is CCCCC/C=C\C/C=C\C/C=C\C/C=C\CCCCCCCC(=O)NCCOP(=O)(O)OCC(O)COC(=O)CCCCCCCCCCCCCCCCCCCCCC. The van der Waals surface area contributed by atoms with Crippen LogP contribution in [0.1, 0.15) is 239 Å². The molecule has 1 amide bonds. The van der Waals surface area contributed by atoms with Crippen LogP contribution < -0.4 is 5.32 Å².